The number of amides is 1. The summed E-state index contributed by atoms with van der Waals surface area (Å²) in [5.41, 5.74) is 1.44. The van der Waals surface area contributed by atoms with Crippen LogP contribution in [0.5, 0.6) is 0 Å². The molecule has 8 heteroatoms. The van der Waals surface area contributed by atoms with Gasteiger partial charge in [-0.25, -0.2) is 4.79 Å². The van der Waals surface area contributed by atoms with Crippen molar-refractivity contribution >= 4 is 28.2 Å². The van der Waals surface area contributed by atoms with E-state index < -0.39 is 5.97 Å². The van der Waals surface area contributed by atoms with E-state index in [1.807, 2.05) is 32.1 Å². The van der Waals surface area contributed by atoms with Crippen molar-refractivity contribution in [3.05, 3.63) is 34.5 Å². The Balaban J connectivity index is 1.98. The Morgan fingerprint density at radius 2 is 2.21 bits per heavy atom. The monoisotopic (exact) mass is 350 g/mol. The molecule has 2 heterocycles. The molecule has 0 saturated carbocycles. The minimum absolute atomic E-state index is 0.170. The minimum Gasteiger partial charge on any atom is -0.465 e. The van der Waals surface area contributed by atoms with Gasteiger partial charge in [-0.1, -0.05) is 6.92 Å². The predicted octanol–water partition coefficient (Wildman–Crippen LogP) is 1.90. The fourth-order valence-electron chi connectivity index (χ4n) is 2.30. The molecule has 1 amide bonds. The lowest BCUT2D eigenvalue weighted by molar-refractivity contribution is -0.117. The van der Waals surface area contributed by atoms with E-state index in [1.54, 1.807) is 16.9 Å². The molecule has 0 fully saturated rings. The standard InChI is InChI=1S/C16H22N4O3S/c1-5-12-6-13(16(22)23-4)15(24-12)18-14(21)10-19(2)8-11-7-17-20(3)9-11/h6-7,9H,5,8,10H2,1-4H3,(H,18,21). The van der Waals surface area contributed by atoms with Gasteiger partial charge < -0.3 is 10.1 Å². The third-order valence-electron chi connectivity index (χ3n) is 3.41. The zero-order chi connectivity index (χ0) is 17.7. The molecule has 0 aliphatic carbocycles. The summed E-state index contributed by atoms with van der Waals surface area (Å²) in [5.74, 6) is -0.610. The molecule has 0 spiro atoms. The Bertz CT molecular complexity index is 723. The van der Waals surface area contributed by atoms with Crippen molar-refractivity contribution in [3.63, 3.8) is 0 Å². The maximum atomic E-state index is 12.3. The second-order valence-corrected chi connectivity index (χ2v) is 6.68. The van der Waals surface area contributed by atoms with Crippen molar-refractivity contribution in [3.8, 4) is 0 Å². The summed E-state index contributed by atoms with van der Waals surface area (Å²) in [4.78, 5) is 27.0. The quantitative estimate of drug-likeness (QED) is 0.772. The number of aryl methyl sites for hydroxylation is 2. The number of esters is 1. The van der Waals surface area contributed by atoms with Gasteiger partial charge in [-0.15, -0.1) is 11.3 Å². The zero-order valence-electron chi connectivity index (χ0n) is 14.3. The molecule has 24 heavy (non-hydrogen) atoms. The number of anilines is 1. The van der Waals surface area contributed by atoms with Crippen LogP contribution in [-0.4, -0.2) is 47.3 Å². The molecule has 2 aromatic heterocycles. The minimum atomic E-state index is -0.440. The Kier molecular flexibility index (Phi) is 6.10. The average Bonchev–Trinajstić information content (AvgIpc) is 3.12. The first-order valence-electron chi connectivity index (χ1n) is 7.59. The highest BCUT2D eigenvalue weighted by Gasteiger charge is 2.18. The number of likely N-dealkylation sites (N-methyl/N-ethyl adjacent to an activating group) is 1. The highest BCUT2D eigenvalue weighted by Crippen LogP contribution is 2.29. The number of nitrogens with one attached hydrogen (secondary N) is 1. The number of rotatable bonds is 7. The Labute approximate surface area is 145 Å². The molecule has 2 rings (SSSR count). The SMILES string of the molecule is CCc1cc(C(=O)OC)c(NC(=O)CN(C)Cc2cnn(C)c2)s1. The molecule has 7 nitrogen and oxygen atoms in total. The molecule has 0 aliphatic heterocycles. The molecule has 1 N–H and O–H groups in total. The fourth-order valence-corrected chi connectivity index (χ4v) is 3.30. The summed E-state index contributed by atoms with van der Waals surface area (Å²) in [6, 6.07) is 1.77. The maximum absolute atomic E-state index is 12.3. The number of carbonyl (C=O) groups excluding carboxylic acids is 2. The fraction of sp³-hybridized carbons (Fsp3) is 0.438. The molecule has 0 bridgehead atoms. The lowest BCUT2D eigenvalue weighted by atomic mass is 10.2. The summed E-state index contributed by atoms with van der Waals surface area (Å²) < 4.78 is 6.50. The van der Waals surface area contributed by atoms with Crippen molar-refractivity contribution in [1.29, 1.82) is 0 Å². The molecule has 0 aliphatic rings. The molecular weight excluding hydrogens is 328 g/mol. The first-order valence-corrected chi connectivity index (χ1v) is 8.41. The van der Waals surface area contributed by atoms with Crippen molar-refractivity contribution < 1.29 is 14.3 Å². The van der Waals surface area contributed by atoms with Crippen molar-refractivity contribution in [2.75, 3.05) is 26.0 Å². The molecular formula is C16H22N4O3S. The summed E-state index contributed by atoms with van der Waals surface area (Å²) >= 11 is 1.40. The highest BCUT2D eigenvalue weighted by molar-refractivity contribution is 7.16. The number of thiophene rings is 1. The molecule has 0 unspecified atom stereocenters. The lowest BCUT2D eigenvalue weighted by Crippen LogP contribution is -2.29. The van der Waals surface area contributed by atoms with Crippen LogP contribution in [0.2, 0.25) is 0 Å². The average molecular weight is 350 g/mol. The predicted molar refractivity (Wildman–Crippen MR) is 93.2 cm³/mol. The van der Waals surface area contributed by atoms with E-state index in [-0.39, 0.29) is 12.5 Å². The normalized spacial score (nSPS) is 10.9. The first kappa shape index (κ1) is 18.2. The van der Waals surface area contributed by atoms with Crippen LogP contribution in [0.25, 0.3) is 0 Å². The second kappa shape index (κ2) is 8.07. The van der Waals surface area contributed by atoms with Crippen molar-refractivity contribution in [1.82, 2.24) is 14.7 Å². The Morgan fingerprint density at radius 3 is 2.79 bits per heavy atom. The van der Waals surface area contributed by atoms with E-state index in [0.717, 1.165) is 16.9 Å². The maximum Gasteiger partial charge on any atom is 0.340 e. The van der Waals surface area contributed by atoms with Crippen LogP contribution in [0.1, 0.15) is 27.7 Å². The van der Waals surface area contributed by atoms with Gasteiger partial charge >= 0.3 is 5.97 Å². The number of carbonyl (C=O) groups is 2. The Morgan fingerprint density at radius 1 is 1.46 bits per heavy atom. The summed E-state index contributed by atoms with van der Waals surface area (Å²) in [6.45, 7) is 2.84. The van der Waals surface area contributed by atoms with Gasteiger partial charge in [0.2, 0.25) is 5.91 Å². The number of methoxy groups -OCH3 is 1. The van der Waals surface area contributed by atoms with Crippen LogP contribution in [0.4, 0.5) is 5.00 Å². The van der Waals surface area contributed by atoms with Crippen LogP contribution in [0.3, 0.4) is 0 Å². The van der Waals surface area contributed by atoms with Crippen LogP contribution in [0.15, 0.2) is 18.5 Å². The van der Waals surface area contributed by atoms with Crippen molar-refractivity contribution in [2.24, 2.45) is 7.05 Å². The zero-order valence-corrected chi connectivity index (χ0v) is 15.1. The van der Waals surface area contributed by atoms with E-state index in [2.05, 4.69) is 10.4 Å². The number of hydrogen-bond acceptors (Lipinski definition) is 6. The second-order valence-electron chi connectivity index (χ2n) is 5.54. The summed E-state index contributed by atoms with van der Waals surface area (Å²) in [5, 5.41) is 7.47. The lowest BCUT2D eigenvalue weighted by Gasteiger charge is -2.15. The van der Waals surface area contributed by atoms with E-state index >= 15 is 0 Å². The van der Waals surface area contributed by atoms with E-state index in [0.29, 0.717) is 17.1 Å². The van der Waals surface area contributed by atoms with Crippen LogP contribution < -0.4 is 5.32 Å². The smallest absolute Gasteiger partial charge is 0.340 e. The molecule has 0 atom stereocenters. The molecule has 0 saturated heterocycles. The van der Waals surface area contributed by atoms with Crippen LogP contribution in [0, 0.1) is 0 Å². The van der Waals surface area contributed by atoms with Gasteiger partial charge in [-0.3, -0.25) is 14.4 Å². The number of aromatic nitrogens is 2. The molecule has 0 aromatic carbocycles. The molecule has 130 valence electrons. The topological polar surface area (TPSA) is 76.5 Å². The van der Waals surface area contributed by atoms with E-state index in [9.17, 15) is 9.59 Å². The molecule has 0 radical (unpaired) electrons. The summed E-state index contributed by atoms with van der Waals surface area (Å²) in [7, 11) is 5.05. The summed E-state index contributed by atoms with van der Waals surface area (Å²) in [6.07, 6.45) is 4.48. The van der Waals surface area contributed by atoms with Gasteiger partial charge in [-0.2, -0.15) is 5.10 Å². The van der Waals surface area contributed by atoms with Gasteiger partial charge in [-0.05, 0) is 19.5 Å². The number of nitrogens with zero attached hydrogens (tertiary/aromatic N) is 3. The highest BCUT2D eigenvalue weighted by atomic mass is 32.1. The van der Waals surface area contributed by atoms with Crippen LogP contribution >= 0.6 is 11.3 Å². The van der Waals surface area contributed by atoms with Gasteiger partial charge in [0.05, 0.1) is 25.4 Å². The third kappa shape index (κ3) is 4.65. The Hall–Kier alpha value is -2.19. The molecule has 2 aromatic rings. The third-order valence-corrected chi connectivity index (χ3v) is 4.61. The van der Waals surface area contributed by atoms with E-state index in [4.69, 9.17) is 4.74 Å². The van der Waals surface area contributed by atoms with Gasteiger partial charge in [0.25, 0.3) is 0 Å². The van der Waals surface area contributed by atoms with Gasteiger partial charge in [0.15, 0.2) is 0 Å². The number of hydrogen-bond donors (Lipinski definition) is 1. The van der Waals surface area contributed by atoms with Crippen molar-refractivity contribution in [2.45, 2.75) is 19.9 Å². The van der Waals surface area contributed by atoms with Gasteiger partial charge in [0, 0.05) is 30.2 Å². The first-order chi connectivity index (χ1) is 11.4. The van der Waals surface area contributed by atoms with E-state index in [1.165, 1.54) is 18.4 Å². The largest absolute Gasteiger partial charge is 0.465 e. The van der Waals surface area contributed by atoms with Gasteiger partial charge in [0.1, 0.15) is 5.00 Å². The number of ether oxygens (including phenoxy) is 1. The van der Waals surface area contributed by atoms with Crippen LogP contribution in [-0.2, 0) is 29.5 Å².